The van der Waals surface area contributed by atoms with Gasteiger partial charge in [-0.3, -0.25) is 9.59 Å². The van der Waals surface area contributed by atoms with Gasteiger partial charge in [-0.15, -0.1) is 6.58 Å². The van der Waals surface area contributed by atoms with Gasteiger partial charge in [0.05, 0.1) is 0 Å². The van der Waals surface area contributed by atoms with Crippen molar-refractivity contribution in [2.75, 3.05) is 6.61 Å². The highest BCUT2D eigenvalue weighted by molar-refractivity contribution is 5.66. The molecule has 0 heterocycles. The molecule has 2 aromatic carbocycles. The Morgan fingerprint density at radius 2 is 1.74 bits per heavy atom. The number of aryl methyl sites for hydroxylation is 1. The lowest BCUT2D eigenvalue weighted by Crippen LogP contribution is -2.09. The van der Waals surface area contributed by atoms with Gasteiger partial charge in [-0.05, 0) is 30.7 Å². The lowest BCUT2D eigenvalue weighted by molar-refractivity contribution is -0.141. The van der Waals surface area contributed by atoms with Gasteiger partial charge >= 0.3 is 5.97 Å². The van der Waals surface area contributed by atoms with Crippen molar-refractivity contribution in [3.05, 3.63) is 78.1 Å². The summed E-state index contributed by atoms with van der Waals surface area (Å²) < 4.78 is 16.8. The van der Waals surface area contributed by atoms with Crippen LogP contribution < -0.4 is 0 Å². The number of carboxylic acids is 1. The van der Waals surface area contributed by atoms with Gasteiger partial charge < -0.3 is 14.9 Å². The first-order valence-corrected chi connectivity index (χ1v) is 8.12. The van der Waals surface area contributed by atoms with Crippen molar-refractivity contribution in [1.82, 2.24) is 0 Å². The molecular formula is C21H25FO5. The number of carbonyl (C=O) groups is 2. The number of rotatable bonds is 4. The van der Waals surface area contributed by atoms with E-state index in [1.54, 1.807) is 30.3 Å². The zero-order valence-corrected chi connectivity index (χ0v) is 15.7. The van der Waals surface area contributed by atoms with Crippen LogP contribution in [-0.4, -0.2) is 28.8 Å². The van der Waals surface area contributed by atoms with Crippen molar-refractivity contribution in [2.45, 2.75) is 26.7 Å². The summed E-state index contributed by atoms with van der Waals surface area (Å²) in [5.41, 5.74) is 1.71. The number of ether oxygens (including phenoxy) is 1. The fraction of sp³-hybridized carbons (Fsp3) is 0.238. The highest BCUT2D eigenvalue weighted by atomic mass is 19.1. The lowest BCUT2D eigenvalue weighted by Gasteiger charge is -2.14. The second kappa shape index (κ2) is 13.1. The molecule has 1 atom stereocenters. The summed E-state index contributed by atoms with van der Waals surface area (Å²) in [7, 11) is 0. The molecule has 0 bridgehead atoms. The summed E-state index contributed by atoms with van der Waals surface area (Å²) in [6.45, 7) is 8.22. The van der Waals surface area contributed by atoms with Crippen LogP contribution in [0.15, 0.2) is 61.2 Å². The molecule has 5 nitrogen and oxygen atoms in total. The van der Waals surface area contributed by atoms with E-state index in [1.165, 1.54) is 19.1 Å². The second-order valence-electron chi connectivity index (χ2n) is 5.52. The van der Waals surface area contributed by atoms with Crippen LogP contribution in [-0.2, 0) is 14.3 Å². The van der Waals surface area contributed by atoms with E-state index >= 15 is 0 Å². The molecule has 0 spiro atoms. The number of hydrogen-bond donors (Lipinski definition) is 2. The van der Waals surface area contributed by atoms with Crippen molar-refractivity contribution in [2.24, 2.45) is 0 Å². The number of phenolic OH excluding ortho intramolecular Hbond substituents is 1. The molecule has 2 N–H and O–H groups in total. The van der Waals surface area contributed by atoms with Crippen molar-refractivity contribution in [1.29, 1.82) is 0 Å². The molecule has 0 fully saturated rings. The first-order chi connectivity index (χ1) is 12.7. The Kier molecular flexibility index (Phi) is 11.6. The van der Waals surface area contributed by atoms with Gasteiger partial charge in [0.15, 0.2) is 0 Å². The molecule has 1 unspecified atom stereocenters. The van der Waals surface area contributed by atoms with E-state index in [1.807, 2.05) is 19.1 Å². The molecule has 0 saturated carbocycles. The van der Waals surface area contributed by atoms with Crippen molar-refractivity contribution in [3.8, 4) is 5.75 Å². The van der Waals surface area contributed by atoms with E-state index in [4.69, 9.17) is 14.6 Å². The minimum Gasteiger partial charge on any atom is -0.508 e. The Balaban J connectivity index is 0.000000503. The normalized spacial score (nSPS) is 10.2. The van der Waals surface area contributed by atoms with Gasteiger partial charge in [0.1, 0.15) is 18.2 Å². The number of benzene rings is 2. The Labute approximate surface area is 158 Å². The van der Waals surface area contributed by atoms with Crippen molar-refractivity contribution >= 4 is 11.9 Å². The van der Waals surface area contributed by atoms with Crippen LogP contribution in [0.25, 0.3) is 0 Å². The van der Waals surface area contributed by atoms with E-state index in [0.29, 0.717) is 0 Å². The third-order valence-corrected chi connectivity index (χ3v) is 3.07. The van der Waals surface area contributed by atoms with Gasteiger partial charge in [-0.25, -0.2) is 4.39 Å². The highest BCUT2D eigenvalue weighted by Crippen LogP contribution is 2.27. The third-order valence-electron chi connectivity index (χ3n) is 3.07. The van der Waals surface area contributed by atoms with Crippen LogP contribution in [0.4, 0.5) is 4.39 Å². The summed E-state index contributed by atoms with van der Waals surface area (Å²) in [5.74, 6) is -1.32. The maximum atomic E-state index is 11.9. The van der Waals surface area contributed by atoms with Gasteiger partial charge in [0, 0.05) is 25.3 Å². The molecule has 2 aromatic rings. The monoisotopic (exact) mass is 376 g/mol. The maximum Gasteiger partial charge on any atom is 0.302 e. The van der Waals surface area contributed by atoms with Crippen molar-refractivity contribution in [3.63, 3.8) is 0 Å². The average molecular weight is 376 g/mol. The van der Waals surface area contributed by atoms with Crippen LogP contribution >= 0.6 is 0 Å². The number of carboxylic acid groups (broad SMARTS) is 1. The van der Waals surface area contributed by atoms with Crippen LogP contribution in [0.3, 0.4) is 0 Å². The summed E-state index contributed by atoms with van der Waals surface area (Å²) in [6, 6.07) is 13.3. The van der Waals surface area contributed by atoms with Crippen LogP contribution in [0, 0.1) is 12.7 Å². The lowest BCUT2D eigenvalue weighted by atomic mass is 9.98. The van der Waals surface area contributed by atoms with E-state index in [9.17, 15) is 14.3 Å². The summed E-state index contributed by atoms with van der Waals surface area (Å²) >= 11 is 0. The predicted octanol–water partition coefficient (Wildman–Crippen LogP) is 4.45. The molecule has 0 aliphatic rings. The molecule has 0 aliphatic heterocycles. The molecule has 27 heavy (non-hydrogen) atoms. The van der Waals surface area contributed by atoms with Gasteiger partial charge in [-0.1, -0.05) is 36.4 Å². The zero-order valence-electron chi connectivity index (χ0n) is 15.7. The topological polar surface area (TPSA) is 83.8 Å². The smallest absolute Gasteiger partial charge is 0.302 e. The minimum atomic E-state index is -0.833. The predicted molar refractivity (Wildman–Crippen MR) is 102 cm³/mol. The number of aromatic hydroxyl groups is 1. The molecule has 0 radical (unpaired) electrons. The number of phenols is 1. The Bertz CT molecular complexity index is 725. The highest BCUT2D eigenvalue weighted by Gasteiger charge is 2.13. The molecular weight excluding hydrogens is 351 g/mol. The van der Waals surface area contributed by atoms with Gasteiger partial charge in [0.25, 0.3) is 5.97 Å². The largest absolute Gasteiger partial charge is 0.508 e. The SMILES string of the molecule is C=CC(COC(C)=O)c1ccc(C)cc1O.CC(=O)O.Fc1ccccc1. The Hall–Kier alpha value is -3.15. The summed E-state index contributed by atoms with van der Waals surface area (Å²) in [6.07, 6.45) is 1.66. The molecule has 0 amide bonds. The average Bonchev–Trinajstić information content (AvgIpc) is 2.57. The summed E-state index contributed by atoms with van der Waals surface area (Å²) in [5, 5.41) is 17.2. The number of esters is 1. The van der Waals surface area contributed by atoms with Crippen LogP contribution in [0.1, 0.15) is 30.9 Å². The standard InChI is InChI=1S/C13H16O3.C6H5F.C2H4O2/c1-4-11(8-16-10(3)14)12-6-5-9(2)7-13(12)15;7-6-4-2-1-3-5-6;1-2(3)4/h4-7,11,15H,1,8H2,2-3H3;1-5H;1H3,(H,3,4). The summed E-state index contributed by atoms with van der Waals surface area (Å²) in [4.78, 5) is 19.7. The fourth-order valence-corrected chi connectivity index (χ4v) is 1.87. The maximum absolute atomic E-state index is 11.9. The number of hydrogen-bond acceptors (Lipinski definition) is 4. The van der Waals surface area contributed by atoms with Gasteiger partial charge in [-0.2, -0.15) is 0 Å². The Morgan fingerprint density at radius 3 is 2.11 bits per heavy atom. The fourth-order valence-electron chi connectivity index (χ4n) is 1.87. The molecule has 146 valence electrons. The first kappa shape index (κ1) is 23.9. The molecule has 6 heteroatoms. The van der Waals surface area contributed by atoms with E-state index in [2.05, 4.69) is 6.58 Å². The number of aliphatic carboxylic acids is 1. The third kappa shape index (κ3) is 11.9. The van der Waals surface area contributed by atoms with Gasteiger partial charge in [0.2, 0.25) is 0 Å². The first-order valence-electron chi connectivity index (χ1n) is 8.12. The molecule has 0 saturated heterocycles. The van der Waals surface area contributed by atoms with E-state index in [0.717, 1.165) is 18.1 Å². The van der Waals surface area contributed by atoms with Crippen molar-refractivity contribution < 1.29 is 28.9 Å². The zero-order chi connectivity index (χ0) is 20.8. The van der Waals surface area contributed by atoms with Crippen LogP contribution in [0.5, 0.6) is 5.75 Å². The number of carbonyl (C=O) groups excluding carboxylic acids is 1. The Morgan fingerprint density at radius 1 is 1.19 bits per heavy atom. The quantitative estimate of drug-likeness (QED) is 0.608. The molecule has 0 aliphatic carbocycles. The second-order valence-corrected chi connectivity index (χ2v) is 5.52. The van der Waals surface area contributed by atoms with E-state index < -0.39 is 5.97 Å². The minimum absolute atomic E-state index is 0.176. The molecule has 0 aromatic heterocycles. The van der Waals surface area contributed by atoms with Crippen LogP contribution in [0.2, 0.25) is 0 Å². The number of halogens is 1. The molecule has 2 rings (SSSR count). The van der Waals surface area contributed by atoms with E-state index in [-0.39, 0.29) is 30.1 Å².